The molecule has 0 saturated carbocycles. The van der Waals surface area contributed by atoms with E-state index in [9.17, 15) is 14.4 Å². The number of ketones is 1. The third-order valence-electron chi connectivity index (χ3n) is 3.41. The van der Waals surface area contributed by atoms with E-state index in [1.807, 2.05) is 0 Å². The number of rotatable bonds is 5. The molecule has 6 heteroatoms. The molecule has 0 saturated heterocycles. The molecule has 0 fully saturated rings. The Bertz CT molecular complexity index is 709. The average Bonchev–Trinajstić information content (AvgIpc) is 3.06. The van der Waals surface area contributed by atoms with Gasteiger partial charge in [0.2, 0.25) is 5.78 Å². The Labute approximate surface area is 131 Å². The van der Waals surface area contributed by atoms with E-state index in [4.69, 9.17) is 5.11 Å². The second-order valence-corrected chi connectivity index (χ2v) is 5.73. The first-order valence-electron chi connectivity index (χ1n) is 6.60. The lowest BCUT2D eigenvalue weighted by atomic mass is 10.0. The van der Waals surface area contributed by atoms with Crippen LogP contribution in [0, 0.1) is 0 Å². The minimum absolute atomic E-state index is 0.205. The van der Waals surface area contributed by atoms with Crippen molar-refractivity contribution in [2.75, 3.05) is 7.05 Å². The SMILES string of the molecule is CC(C(=O)O)N(C)C(=O)c1ccccc1C(=O)c1cccs1. The van der Waals surface area contributed by atoms with Crippen LogP contribution in [0.15, 0.2) is 41.8 Å². The number of carbonyl (C=O) groups is 3. The number of amides is 1. The number of hydrogen-bond acceptors (Lipinski definition) is 4. The van der Waals surface area contributed by atoms with Gasteiger partial charge in [0, 0.05) is 12.6 Å². The van der Waals surface area contributed by atoms with E-state index >= 15 is 0 Å². The molecule has 0 spiro atoms. The molecule has 5 nitrogen and oxygen atoms in total. The number of aliphatic carboxylic acids is 1. The third kappa shape index (κ3) is 3.07. The van der Waals surface area contributed by atoms with Gasteiger partial charge in [0.05, 0.1) is 10.4 Å². The summed E-state index contributed by atoms with van der Waals surface area (Å²) in [5.41, 5.74) is 0.482. The second kappa shape index (κ2) is 6.53. The molecule has 2 rings (SSSR count). The lowest BCUT2D eigenvalue weighted by molar-refractivity contribution is -0.141. The van der Waals surface area contributed by atoms with Gasteiger partial charge in [0.25, 0.3) is 5.91 Å². The van der Waals surface area contributed by atoms with Crippen molar-refractivity contribution in [3.63, 3.8) is 0 Å². The van der Waals surface area contributed by atoms with Crippen LogP contribution in [-0.2, 0) is 4.79 Å². The number of likely N-dealkylation sites (N-methyl/N-ethyl adjacent to an activating group) is 1. The zero-order valence-electron chi connectivity index (χ0n) is 12.1. The highest BCUT2D eigenvalue weighted by Gasteiger charge is 2.26. The standard InChI is InChI=1S/C16H15NO4S/c1-10(16(20)21)17(2)15(19)12-7-4-3-6-11(12)14(18)13-8-5-9-22-13/h3-10H,1-2H3,(H,20,21). The first-order valence-corrected chi connectivity index (χ1v) is 7.48. The van der Waals surface area contributed by atoms with Crippen LogP contribution in [0.2, 0.25) is 0 Å². The average molecular weight is 317 g/mol. The maximum absolute atomic E-state index is 12.5. The van der Waals surface area contributed by atoms with Crippen molar-refractivity contribution in [1.82, 2.24) is 4.90 Å². The molecule has 1 atom stereocenters. The van der Waals surface area contributed by atoms with Crippen molar-refractivity contribution in [1.29, 1.82) is 0 Å². The molecule has 0 aliphatic rings. The number of carbonyl (C=O) groups excluding carboxylic acids is 2. The van der Waals surface area contributed by atoms with Crippen LogP contribution in [0.4, 0.5) is 0 Å². The fourth-order valence-electron chi connectivity index (χ4n) is 1.94. The van der Waals surface area contributed by atoms with Gasteiger partial charge in [0.15, 0.2) is 0 Å². The van der Waals surface area contributed by atoms with Crippen LogP contribution in [0.5, 0.6) is 0 Å². The number of benzene rings is 1. The highest BCUT2D eigenvalue weighted by molar-refractivity contribution is 7.12. The first kappa shape index (κ1) is 15.9. The van der Waals surface area contributed by atoms with Gasteiger partial charge < -0.3 is 10.0 Å². The van der Waals surface area contributed by atoms with E-state index in [2.05, 4.69) is 0 Å². The van der Waals surface area contributed by atoms with Crippen LogP contribution in [0.1, 0.15) is 32.5 Å². The Morgan fingerprint density at radius 1 is 1.09 bits per heavy atom. The monoisotopic (exact) mass is 317 g/mol. The largest absolute Gasteiger partial charge is 0.480 e. The van der Waals surface area contributed by atoms with Crippen molar-refractivity contribution < 1.29 is 19.5 Å². The number of nitrogens with zero attached hydrogens (tertiary/aromatic N) is 1. The normalized spacial score (nSPS) is 11.7. The van der Waals surface area contributed by atoms with Crippen molar-refractivity contribution in [2.24, 2.45) is 0 Å². The van der Waals surface area contributed by atoms with Crippen LogP contribution in [0.3, 0.4) is 0 Å². The summed E-state index contributed by atoms with van der Waals surface area (Å²) in [5, 5.41) is 10.8. The molecule has 0 aliphatic carbocycles. The van der Waals surface area contributed by atoms with E-state index in [0.717, 1.165) is 4.90 Å². The molecule has 1 N–H and O–H groups in total. The van der Waals surface area contributed by atoms with Crippen LogP contribution >= 0.6 is 11.3 Å². The van der Waals surface area contributed by atoms with Gasteiger partial charge >= 0.3 is 5.97 Å². The Hall–Kier alpha value is -2.47. The quantitative estimate of drug-likeness (QED) is 0.860. The summed E-state index contributed by atoms with van der Waals surface area (Å²) in [4.78, 5) is 37.7. The highest BCUT2D eigenvalue weighted by atomic mass is 32.1. The molecule has 1 heterocycles. The summed E-state index contributed by atoms with van der Waals surface area (Å²) < 4.78 is 0. The summed E-state index contributed by atoms with van der Waals surface area (Å²) in [5.74, 6) is -1.83. The summed E-state index contributed by atoms with van der Waals surface area (Å²) >= 11 is 1.30. The highest BCUT2D eigenvalue weighted by Crippen LogP contribution is 2.20. The molecule has 1 aromatic heterocycles. The molecule has 1 aromatic carbocycles. The topological polar surface area (TPSA) is 74.7 Å². The van der Waals surface area contributed by atoms with Gasteiger partial charge in [-0.15, -0.1) is 11.3 Å². The fourth-order valence-corrected chi connectivity index (χ4v) is 2.62. The first-order chi connectivity index (χ1) is 10.4. The summed E-state index contributed by atoms with van der Waals surface area (Å²) in [6.07, 6.45) is 0. The van der Waals surface area contributed by atoms with E-state index in [1.54, 1.807) is 35.7 Å². The number of thiophene rings is 1. The van der Waals surface area contributed by atoms with Crippen LogP contribution in [-0.4, -0.2) is 40.8 Å². The molecular weight excluding hydrogens is 302 g/mol. The number of hydrogen-bond donors (Lipinski definition) is 1. The van der Waals surface area contributed by atoms with Crippen molar-refractivity contribution in [2.45, 2.75) is 13.0 Å². The van der Waals surface area contributed by atoms with Crippen molar-refractivity contribution in [3.8, 4) is 0 Å². The zero-order valence-corrected chi connectivity index (χ0v) is 13.0. The molecular formula is C16H15NO4S. The summed E-state index contributed by atoms with van der Waals surface area (Å²) in [7, 11) is 1.41. The predicted molar refractivity (Wildman–Crippen MR) is 83.4 cm³/mol. The molecule has 0 radical (unpaired) electrons. The van der Waals surface area contributed by atoms with E-state index in [1.165, 1.54) is 31.4 Å². The summed E-state index contributed by atoms with van der Waals surface area (Å²) in [6, 6.07) is 8.93. The van der Waals surface area contributed by atoms with Crippen LogP contribution < -0.4 is 0 Å². The zero-order chi connectivity index (χ0) is 16.3. The number of carboxylic acids is 1. The molecule has 0 bridgehead atoms. The van der Waals surface area contributed by atoms with Gasteiger partial charge in [-0.05, 0) is 24.4 Å². The minimum atomic E-state index is -1.10. The van der Waals surface area contributed by atoms with Gasteiger partial charge in [-0.2, -0.15) is 0 Å². The summed E-state index contributed by atoms with van der Waals surface area (Å²) in [6.45, 7) is 1.42. The van der Waals surface area contributed by atoms with Gasteiger partial charge in [-0.3, -0.25) is 9.59 Å². The predicted octanol–water partition coefficient (Wildman–Crippen LogP) is 2.52. The Balaban J connectivity index is 2.38. The Morgan fingerprint density at radius 3 is 2.27 bits per heavy atom. The third-order valence-corrected chi connectivity index (χ3v) is 4.27. The van der Waals surface area contributed by atoms with Gasteiger partial charge in [-0.25, -0.2) is 4.79 Å². The van der Waals surface area contributed by atoms with E-state index in [-0.39, 0.29) is 16.9 Å². The maximum atomic E-state index is 12.5. The van der Waals surface area contributed by atoms with Crippen molar-refractivity contribution in [3.05, 3.63) is 57.8 Å². The second-order valence-electron chi connectivity index (χ2n) is 4.78. The lowest BCUT2D eigenvalue weighted by Crippen LogP contribution is -2.40. The van der Waals surface area contributed by atoms with Gasteiger partial charge in [0.1, 0.15) is 6.04 Å². The van der Waals surface area contributed by atoms with E-state index in [0.29, 0.717) is 4.88 Å². The molecule has 22 heavy (non-hydrogen) atoms. The van der Waals surface area contributed by atoms with Crippen LogP contribution in [0.25, 0.3) is 0 Å². The number of carboxylic acid groups (broad SMARTS) is 1. The van der Waals surface area contributed by atoms with Crippen molar-refractivity contribution >= 4 is 29.0 Å². The van der Waals surface area contributed by atoms with Gasteiger partial charge in [-0.1, -0.05) is 24.3 Å². The molecule has 1 unspecified atom stereocenters. The minimum Gasteiger partial charge on any atom is -0.480 e. The maximum Gasteiger partial charge on any atom is 0.326 e. The fraction of sp³-hybridized carbons (Fsp3) is 0.188. The molecule has 2 aromatic rings. The smallest absolute Gasteiger partial charge is 0.326 e. The molecule has 114 valence electrons. The molecule has 0 aliphatic heterocycles. The van der Waals surface area contributed by atoms with E-state index < -0.39 is 17.9 Å². The molecule has 1 amide bonds. The Morgan fingerprint density at radius 2 is 1.73 bits per heavy atom. The lowest BCUT2D eigenvalue weighted by Gasteiger charge is -2.22. The Kier molecular flexibility index (Phi) is 4.72.